The fourth-order valence-electron chi connectivity index (χ4n) is 3.18. The molecular weight excluding hydrogens is 444 g/mol. The third-order valence-electron chi connectivity index (χ3n) is 4.51. The number of carbonyl (C=O) groups is 1. The Kier molecular flexibility index (Phi) is 8.06. The first kappa shape index (κ1) is 24.0. The van der Waals surface area contributed by atoms with Crippen molar-refractivity contribution in [3.63, 3.8) is 0 Å². The third-order valence-corrected chi connectivity index (χ3v) is 7.22. The first-order valence-electron chi connectivity index (χ1n) is 10.5. The second kappa shape index (κ2) is 10.8. The molecule has 2 aromatic carbocycles. The number of ether oxygens (including phenoxy) is 1. The van der Waals surface area contributed by atoms with Crippen molar-refractivity contribution in [2.75, 3.05) is 6.61 Å². The first-order chi connectivity index (χ1) is 15.3. The number of nitrogens with one attached hydrogen (secondary N) is 2. The molecule has 3 aromatic rings. The van der Waals surface area contributed by atoms with Gasteiger partial charge in [-0.3, -0.25) is 4.79 Å². The van der Waals surface area contributed by atoms with E-state index in [0.717, 1.165) is 16.0 Å². The van der Waals surface area contributed by atoms with Crippen molar-refractivity contribution in [2.24, 2.45) is 0 Å². The van der Waals surface area contributed by atoms with Crippen LogP contribution in [0.2, 0.25) is 0 Å². The van der Waals surface area contributed by atoms with Crippen molar-refractivity contribution < 1.29 is 17.9 Å². The summed E-state index contributed by atoms with van der Waals surface area (Å²) in [6, 6.07) is 18.8. The molecule has 0 aliphatic carbocycles. The Morgan fingerprint density at radius 2 is 1.69 bits per heavy atom. The molecule has 0 unspecified atom stereocenters. The van der Waals surface area contributed by atoms with Crippen LogP contribution in [0.5, 0.6) is 5.75 Å². The van der Waals surface area contributed by atoms with Crippen molar-refractivity contribution >= 4 is 27.3 Å². The van der Waals surface area contributed by atoms with Crippen LogP contribution in [0.25, 0.3) is 10.4 Å². The monoisotopic (exact) mass is 472 g/mol. The average Bonchev–Trinajstić information content (AvgIpc) is 3.17. The molecule has 8 heteroatoms. The van der Waals surface area contributed by atoms with E-state index in [1.807, 2.05) is 55.5 Å². The van der Waals surface area contributed by atoms with E-state index in [4.69, 9.17) is 4.74 Å². The van der Waals surface area contributed by atoms with E-state index in [1.54, 1.807) is 26.0 Å². The molecule has 2 N–H and O–H groups in total. The van der Waals surface area contributed by atoms with Gasteiger partial charge in [0, 0.05) is 17.5 Å². The van der Waals surface area contributed by atoms with E-state index in [0.29, 0.717) is 29.3 Å². The molecule has 0 spiro atoms. The number of amides is 1. The fourth-order valence-corrected chi connectivity index (χ4v) is 5.63. The van der Waals surface area contributed by atoms with Crippen LogP contribution in [0.1, 0.15) is 41.6 Å². The maximum atomic E-state index is 12.8. The van der Waals surface area contributed by atoms with Gasteiger partial charge in [0.2, 0.25) is 10.0 Å². The SMILES string of the molecule is CCOc1cc(-c2ccccc2)sc1C(=O)NCc1ccc(CS(=O)(=O)NC(C)C)cc1. The zero-order valence-corrected chi connectivity index (χ0v) is 20.1. The van der Waals surface area contributed by atoms with Crippen LogP contribution >= 0.6 is 11.3 Å². The van der Waals surface area contributed by atoms with Crippen molar-refractivity contribution in [3.05, 3.63) is 76.7 Å². The largest absolute Gasteiger partial charge is 0.492 e. The molecule has 170 valence electrons. The number of hydrogen-bond acceptors (Lipinski definition) is 5. The quantitative estimate of drug-likeness (QED) is 0.453. The van der Waals surface area contributed by atoms with Gasteiger partial charge in [-0.1, -0.05) is 54.6 Å². The summed E-state index contributed by atoms with van der Waals surface area (Å²) in [4.78, 5) is 14.4. The van der Waals surface area contributed by atoms with Crippen LogP contribution < -0.4 is 14.8 Å². The summed E-state index contributed by atoms with van der Waals surface area (Å²) in [6.45, 7) is 6.27. The number of hydrogen-bond donors (Lipinski definition) is 2. The molecule has 0 aliphatic heterocycles. The lowest BCUT2D eigenvalue weighted by molar-refractivity contribution is 0.0951. The Bertz CT molecular complexity index is 1140. The Labute approximate surface area is 193 Å². The number of rotatable bonds is 10. The highest BCUT2D eigenvalue weighted by Crippen LogP contribution is 2.36. The molecule has 0 saturated heterocycles. The van der Waals surface area contributed by atoms with Crippen LogP contribution in [0, 0.1) is 0 Å². The Hall–Kier alpha value is -2.68. The van der Waals surface area contributed by atoms with E-state index in [-0.39, 0.29) is 17.7 Å². The van der Waals surface area contributed by atoms with Gasteiger partial charge in [0.05, 0.1) is 12.4 Å². The number of carbonyl (C=O) groups excluding carboxylic acids is 1. The van der Waals surface area contributed by atoms with Crippen molar-refractivity contribution in [1.29, 1.82) is 0 Å². The zero-order chi connectivity index (χ0) is 23.1. The van der Waals surface area contributed by atoms with Gasteiger partial charge in [0.15, 0.2) is 0 Å². The van der Waals surface area contributed by atoms with E-state index in [1.165, 1.54) is 11.3 Å². The lowest BCUT2D eigenvalue weighted by atomic mass is 10.1. The van der Waals surface area contributed by atoms with E-state index < -0.39 is 10.0 Å². The van der Waals surface area contributed by atoms with Crippen LogP contribution in [0.4, 0.5) is 0 Å². The average molecular weight is 473 g/mol. The van der Waals surface area contributed by atoms with Crippen LogP contribution in [-0.4, -0.2) is 27.0 Å². The van der Waals surface area contributed by atoms with E-state index in [9.17, 15) is 13.2 Å². The normalized spacial score (nSPS) is 11.5. The summed E-state index contributed by atoms with van der Waals surface area (Å²) in [6.07, 6.45) is 0. The van der Waals surface area contributed by atoms with Crippen LogP contribution in [-0.2, 0) is 22.3 Å². The van der Waals surface area contributed by atoms with E-state index >= 15 is 0 Å². The second-order valence-electron chi connectivity index (χ2n) is 7.63. The summed E-state index contributed by atoms with van der Waals surface area (Å²) in [5.41, 5.74) is 2.61. The predicted molar refractivity (Wildman–Crippen MR) is 129 cm³/mol. The van der Waals surface area contributed by atoms with E-state index in [2.05, 4.69) is 10.0 Å². The van der Waals surface area contributed by atoms with Gasteiger partial charge in [0.25, 0.3) is 5.91 Å². The minimum atomic E-state index is -3.37. The minimum absolute atomic E-state index is 0.0764. The topological polar surface area (TPSA) is 84.5 Å². The number of benzene rings is 2. The lowest BCUT2D eigenvalue weighted by Crippen LogP contribution is -2.31. The molecule has 0 fully saturated rings. The first-order valence-corrected chi connectivity index (χ1v) is 12.9. The third kappa shape index (κ3) is 6.66. The number of thiophene rings is 1. The maximum Gasteiger partial charge on any atom is 0.265 e. The molecular formula is C24H28N2O4S2. The number of sulfonamides is 1. The Balaban J connectivity index is 1.66. The summed E-state index contributed by atoms with van der Waals surface area (Å²) in [5, 5.41) is 2.93. The highest BCUT2D eigenvalue weighted by atomic mass is 32.2. The van der Waals surface area contributed by atoms with Gasteiger partial charge in [-0.25, -0.2) is 13.1 Å². The summed E-state index contributed by atoms with van der Waals surface area (Å²) in [5.74, 6) is 0.299. The van der Waals surface area contributed by atoms with Crippen molar-refractivity contribution in [3.8, 4) is 16.2 Å². The molecule has 0 aliphatic rings. The molecule has 0 radical (unpaired) electrons. The highest BCUT2D eigenvalue weighted by molar-refractivity contribution is 7.88. The van der Waals surface area contributed by atoms with Gasteiger partial charge in [-0.05, 0) is 43.5 Å². The summed E-state index contributed by atoms with van der Waals surface area (Å²) < 4.78 is 32.4. The van der Waals surface area contributed by atoms with Gasteiger partial charge >= 0.3 is 0 Å². The molecule has 6 nitrogen and oxygen atoms in total. The van der Waals surface area contributed by atoms with Crippen LogP contribution in [0.15, 0.2) is 60.7 Å². The Morgan fingerprint density at radius 3 is 2.31 bits per heavy atom. The van der Waals surface area contributed by atoms with Gasteiger partial charge in [-0.2, -0.15) is 0 Å². The van der Waals surface area contributed by atoms with Crippen molar-refractivity contribution in [2.45, 2.75) is 39.1 Å². The summed E-state index contributed by atoms with van der Waals surface area (Å²) >= 11 is 1.40. The molecule has 32 heavy (non-hydrogen) atoms. The fraction of sp³-hybridized carbons (Fsp3) is 0.292. The zero-order valence-electron chi connectivity index (χ0n) is 18.4. The second-order valence-corrected chi connectivity index (χ2v) is 10.4. The standard InChI is InChI=1S/C24H28N2O4S2/c1-4-30-21-14-22(20-8-6-5-7-9-20)31-23(21)24(27)25-15-18-10-12-19(13-11-18)16-32(28,29)26-17(2)3/h5-14,17,26H,4,15-16H2,1-3H3,(H,25,27). The minimum Gasteiger partial charge on any atom is -0.492 e. The summed E-state index contributed by atoms with van der Waals surface area (Å²) in [7, 11) is -3.37. The molecule has 0 saturated carbocycles. The van der Waals surface area contributed by atoms with Crippen LogP contribution in [0.3, 0.4) is 0 Å². The van der Waals surface area contributed by atoms with Crippen molar-refractivity contribution in [1.82, 2.24) is 10.0 Å². The van der Waals surface area contributed by atoms with Gasteiger partial charge < -0.3 is 10.1 Å². The molecule has 1 aromatic heterocycles. The predicted octanol–water partition coefficient (Wildman–Crippen LogP) is 4.57. The molecule has 1 heterocycles. The lowest BCUT2D eigenvalue weighted by Gasteiger charge is -2.10. The maximum absolute atomic E-state index is 12.8. The molecule has 3 rings (SSSR count). The van der Waals surface area contributed by atoms with Gasteiger partial charge in [-0.15, -0.1) is 11.3 Å². The van der Waals surface area contributed by atoms with Gasteiger partial charge in [0.1, 0.15) is 10.6 Å². The molecule has 0 atom stereocenters. The highest BCUT2D eigenvalue weighted by Gasteiger charge is 2.18. The smallest absolute Gasteiger partial charge is 0.265 e. The Morgan fingerprint density at radius 1 is 1.03 bits per heavy atom. The molecule has 1 amide bonds. The molecule has 0 bridgehead atoms.